The van der Waals surface area contributed by atoms with Gasteiger partial charge in [0.2, 0.25) is 0 Å². The van der Waals surface area contributed by atoms with Crippen molar-refractivity contribution < 1.29 is 4.79 Å². The predicted molar refractivity (Wildman–Crippen MR) is 64.5 cm³/mol. The Morgan fingerprint density at radius 2 is 1.71 bits per heavy atom. The summed E-state index contributed by atoms with van der Waals surface area (Å²) in [5.41, 5.74) is 2.27. The standard InChI is InChI=1S/C9H11N.C2H6.CH2O/c1-3-8-6-4-5-7-9(8)10-2;2*1-2/h3-7,10H,1H2,2H3;1-2H3;1H2. The summed E-state index contributed by atoms with van der Waals surface area (Å²) in [6.07, 6.45) is 1.84. The van der Waals surface area contributed by atoms with Crippen molar-refractivity contribution in [2.24, 2.45) is 0 Å². The van der Waals surface area contributed by atoms with E-state index in [4.69, 9.17) is 4.79 Å². The van der Waals surface area contributed by atoms with Crippen LogP contribution < -0.4 is 5.32 Å². The van der Waals surface area contributed by atoms with Gasteiger partial charge in [-0.05, 0) is 11.6 Å². The lowest BCUT2D eigenvalue weighted by atomic mass is 10.2. The Kier molecular flexibility index (Phi) is 12.2. The highest BCUT2D eigenvalue weighted by Crippen LogP contribution is 2.14. The number of carbonyl (C=O) groups is 1. The summed E-state index contributed by atoms with van der Waals surface area (Å²) in [6.45, 7) is 9.70. The summed E-state index contributed by atoms with van der Waals surface area (Å²) in [5.74, 6) is 0. The lowest BCUT2D eigenvalue weighted by Gasteiger charge is -2.02. The first kappa shape index (κ1) is 14.9. The molecule has 0 aliphatic rings. The van der Waals surface area contributed by atoms with Crippen LogP contribution in [0.1, 0.15) is 19.4 Å². The lowest BCUT2D eigenvalue weighted by Crippen LogP contribution is -1.89. The van der Waals surface area contributed by atoms with Crippen LogP contribution in [0.25, 0.3) is 6.08 Å². The molecule has 0 spiro atoms. The Morgan fingerprint density at radius 1 is 1.21 bits per heavy atom. The van der Waals surface area contributed by atoms with E-state index in [9.17, 15) is 0 Å². The molecule has 0 heterocycles. The third-order valence-corrected chi connectivity index (χ3v) is 1.45. The van der Waals surface area contributed by atoms with Crippen LogP contribution in [-0.4, -0.2) is 13.8 Å². The highest BCUT2D eigenvalue weighted by molar-refractivity contribution is 5.64. The van der Waals surface area contributed by atoms with Crippen LogP contribution in [0.5, 0.6) is 0 Å². The second-order valence-corrected chi connectivity index (χ2v) is 2.04. The van der Waals surface area contributed by atoms with Gasteiger partial charge >= 0.3 is 0 Å². The molecule has 0 amide bonds. The molecular formula is C12H19NO. The van der Waals surface area contributed by atoms with E-state index in [-0.39, 0.29) is 0 Å². The zero-order valence-corrected chi connectivity index (χ0v) is 9.21. The molecule has 2 heteroatoms. The molecule has 0 aromatic heterocycles. The number of carbonyl (C=O) groups excluding carboxylic acids is 1. The minimum absolute atomic E-state index is 1.12. The van der Waals surface area contributed by atoms with E-state index in [1.54, 1.807) is 0 Å². The average Bonchev–Trinajstić information content (AvgIpc) is 2.34. The lowest BCUT2D eigenvalue weighted by molar-refractivity contribution is -0.0979. The van der Waals surface area contributed by atoms with Gasteiger partial charge in [0.1, 0.15) is 6.79 Å². The Labute approximate surface area is 86.7 Å². The van der Waals surface area contributed by atoms with Gasteiger partial charge in [-0.1, -0.05) is 44.7 Å². The van der Waals surface area contributed by atoms with Crippen molar-refractivity contribution in [1.82, 2.24) is 0 Å². The summed E-state index contributed by atoms with van der Waals surface area (Å²) in [6, 6.07) is 8.05. The first-order valence-corrected chi connectivity index (χ1v) is 4.56. The number of hydrogen-bond acceptors (Lipinski definition) is 2. The van der Waals surface area contributed by atoms with E-state index in [1.807, 2.05) is 58.0 Å². The highest BCUT2D eigenvalue weighted by Gasteiger charge is 1.91. The number of rotatable bonds is 2. The summed E-state index contributed by atoms with van der Waals surface area (Å²) in [4.78, 5) is 8.00. The second-order valence-electron chi connectivity index (χ2n) is 2.04. The van der Waals surface area contributed by atoms with Gasteiger partial charge in [0, 0.05) is 12.7 Å². The first-order chi connectivity index (χ1) is 6.88. The Hall–Kier alpha value is -1.57. The maximum absolute atomic E-state index is 8.00. The minimum atomic E-state index is 1.12. The van der Waals surface area contributed by atoms with E-state index in [0.717, 1.165) is 11.3 Å². The van der Waals surface area contributed by atoms with Gasteiger partial charge in [-0.2, -0.15) is 0 Å². The molecule has 0 bridgehead atoms. The number of benzene rings is 1. The molecule has 0 saturated heterocycles. The van der Waals surface area contributed by atoms with Gasteiger partial charge in [0.15, 0.2) is 0 Å². The topological polar surface area (TPSA) is 29.1 Å². The van der Waals surface area contributed by atoms with Crippen LogP contribution in [0.4, 0.5) is 5.69 Å². The van der Waals surface area contributed by atoms with E-state index in [0.29, 0.717) is 0 Å². The van der Waals surface area contributed by atoms with Crippen molar-refractivity contribution >= 4 is 18.6 Å². The zero-order valence-electron chi connectivity index (χ0n) is 9.21. The number of para-hydroxylation sites is 1. The van der Waals surface area contributed by atoms with Crippen LogP contribution >= 0.6 is 0 Å². The Morgan fingerprint density at radius 3 is 2.07 bits per heavy atom. The quantitative estimate of drug-likeness (QED) is 0.781. The van der Waals surface area contributed by atoms with Crippen molar-refractivity contribution in [1.29, 1.82) is 0 Å². The number of hydrogen-bond donors (Lipinski definition) is 1. The largest absolute Gasteiger partial charge is 0.388 e. The maximum Gasteiger partial charge on any atom is 0.106 e. The monoisotopic (exact) mass is 193 g/mol. The van der Waals surface area contributed by atoms with Crippen LogP contribution in [0.15, 0.2) is 30.8 Å². The van der Waals surface area contributed by atoms with Crippen LogP contribution in [0.3, 0.4) is 0 Å². The SMILES string of the molecule is C=Cc1ccccc1NC.C=O.CC. The molecule has 0 aliphatic carbocycles. The average molecular weight is 193 g/mol. The molecule has 1 N–H and O–H groups in total. The first-order valence-electron chi connectivity index (χ1n) is 4.56. The molecule has 0 unspecified atom stereocenters. The highest BCUT2D eigenvalue weighted by atomic mass is 16.1. The van der Waals surface area contributed by atoms with Gasteiger partial charge in [-0.25, -0.2) is 0 Å². The Bertz CT molecular complexity index is 246. The van der Waals surface area contributed by atoms with Crippen LogP contribution in [0, 0.1) is 0 Å². The molecule has 0 aliphatic heterocycles. The third-order valence-electron chi connectivity index (χ3n) is 1.45. The van der Waals surface area contributed by atoms with Gasteiger partial charge < -0.3 is 10.1 Å². The third kappa shape index (κ3) is 5.14. The molecule has 0 fully saturated rings. The summed E-state index contributed by atoms with van der Waals surface area (Å²) in [5, 5.41) is 3.08. The van der Waals surface area contributed by atoms with Gasteiger partial charge in [0.25, 0.3) is 0 Å². The molecule has 1 aromatic rings. The van der Waals surface area contributed by atoms with Crippen LogP contribution in [0.2, 0.25) is 0 Å². The molecule has 1 aromatic carbocycles. The molecular weight excluding hydrogens is 174 g/mol. The number of nitrogens with one attached hydrogen (secondary N) is 1. The maximum atomic E-state index is 8.00. The number of anilines is 1. The van der Waals surface area contributed by atoms with Gasteiger partial charge in [0.05, 0.1) is 0 Å². The van der Waals surface area contributed by atoms with Crippen molar-refractivity contribution in [3.63, 3.8) is 0 Å². The van der Waals surface area contributed by atoms with E-state index in [1.165, 1.54) is 0 Å². The second kappa shape index (κ2) is 11.4. The zero-order chi connectivity index (χ0) is 11.4. The van der Waals surface area contributed by atoms with Gasteiger partial charge in [-0.15, -0.1) is 0 Å². The van der Waals surface area contributed by atoms with Crippen molar-refractivity contribution in [2.45, 2.75) is 13.8 Å². The fourth-order valence-corrected chi connectivity index (χ4v) is 0.903. The Balaban J connectivity index is 0. The van der Waals surface area contributed by atoms with E-state index >= 15 is 0 Å². The molecule has 14 heavy (non-hydrogen) atoms. The van der Waals surface area contributed by atoms with Crippen LogP contribution in [-0.2, 0) is 4.79 Å². The van der Waals surface area contributed by atoms with Crippen molar-refractivity contribution in [3.8, 4) is 0 Å². The smallest absolute Gasteiger partial charge is 0.106 e. The summed E-state index contributed by atoms with van der Waals surface area (Å²) >= 11 is 0. The van der Waals surface area contributed by atoms with Gasteiger partial charge in [-0.3, -0.25) is 0 Å². The van der Waals surface area contributed by atoms with E-state index < -0.39 is 0 Å². The predicted octanol–water partition coefficient (Wildman–Crippen LogP) is 3.21. The van der Waals surface area contributed by atoms with E-state index in [2.05, 4.69) is 11.9 Å². The summed E-state index contributed by atoms with van der Waals surface area (Å²) < 4.78 is 0. The fourth-order valence-electron chi connectivity index (χ4n) is 0.903. The fraction of sp³-hybridized carbons (Fsp3) is 0.250. The molecule has 0 atom stereocenters. The molecule has 1 rings (SSSR count). The molecule has 78 valence electrons. The minimum Gasteiger partial charge on any atom is -0.388 e. The normalized spacial score (nSPS) is 7.07. The molecule has 0 saturated carbocycles. The molecule has 0 radical (unpaired) electrons. The van der Waals surface area contributed by atoms with Crippen molar-refractivity contribution in [2.75, 3.05) is 12.4 Å². The molecule has 2 nitrogen and oxygen atoms in total. The summed E-state index contributed by atoms with van der Waals surface area (Å²) in [7, 11) is 1.91. The van der Waals surface area contributed by atoms with Crippen molar-refractivity contribution in [3.05, 3.63) is 36.4 Å².